The Morgan fingerprint density at radius 2 is 2.29 bits per heavy atom. The number of rotatable bonds is 6. The third kappa shape index (κ3) is 4.36. The lowest BCUT2D eigenvalue weighted by atomic mass is 10.0. The molecule has 1 aromatic rings. The van der Waals surface area contributed by atoms with Gasteiger partial charge in [-0.15, -0.1) is 0 Å². The molecule has 0 saturated carbocycles. The molecule has 0 aliphatic carbocycles. The van der Waals surface area contributed by atoms with Crippen LogP contribution in [0.5, 0.6) is 5.75 Å². The Bertz CT molecular complexity index is 395. The van der Waals surface area contributed by atoms with E-state index in [0.717, 1.165) is 15.8 Å². The van der Waals surface area contributed by atoms with E-state index in [1.54, 1.807) is 0 Å². The van der Waals surface area contributed by atoms with Crippen molar-refractivity contribution in [1.82, 2.24) is 0 Å². The first-order valence-electron chi connectivity index (χ1n) is 5.44. The molecule has 1 rings (SSSR count). The molecule has 0 amide bonds. The van der Waals surface area contributed by atoms with Crippen LogP contribution in [0.25, 0.3) is 0 Å². The Morgan fingerprint density at radius 1 is 1.59 bits per heavy atom. The van der Waals surface area contributed by atoms with Crippen LogP contribution in [0, 0.1) is 0 Å². The fourth-order valence-corrected chi connectivity index (χ4v) is 1.98. The van der Waals surface area contributed by atoms with E-state index >= 15 is 0 Å². The minimum Gasteiger partial charge on any atom is -0.493 e. The minimum absolute atomic E-state index is 0.0754. The highest BCUT2D eigenvalue weighted by molar-refractivity contribution is 9.10. The van der Waals surface area contributed by atoms with E-state index in [9.17, 15) is 4.79 Å². The van der Waals surface area contributed by atoms with Gasteiger partial charge in [0.2, 0.25) is 0 Å². The maximum Gasteiger partial charge on any atom is 0.303 e. The summed E-state index contributed by atoms with van der Waals surface area (Å²) < 4.78 is 6.22. The Hall–Kier alpha value is -1.07. The van der Waals surface area contributed by atoms with Crippen molar-refractivity contribution >= 4 is 21.9 Å². The highest BCUT2D eigenvalue weighted by Crippen LogP contribution is 2.28. The number of hydrogen-bond acceptors (Lipinski definition) is 3. The van der Waals surface area contributed by atoms with Crippen molar-refractivity contribution in [2.75, 3.05) is 6.61 Å². The van der Waals surface area contributed by atoms with Crippen LogP contribution in [-0.4, -0.2) is 17.7 Å². The molecular formula is C12H16BrNO3. The predicted octanol–water partition coefficient (Wildman–Crippen LogP) is 2.71. The minimum atomic E-state index is -0.828. The number of benzene rings is 1. The van der Waals surface area contributed by atoms with Crippen LogP contribution in [0.15, 0.2) is 22.7 Å². The molecule has 0 heterocycles. The van der Waals surface area contributed by atoms with Gasteiger partial charge in [0.15, 0.2) is 0 Å². The molecule has 0 aromatic heterocycles. The molecule has 4 nitrogen and oxygen atoms in total. The van der Waals surface area contributed by atoms with E-state index in [0.29, 0.717) is 13.0 Å². The number of ether oxygens (including phenoxy) is 1. The lowest BCUT2D eigenvalue weighted by Gasteiger charge is -2.13. The topological polar surface area (TPSA) is 72.5 Å². The highest BCUT2D eigenvalue weighted by Gasteiger charge is 2.10. The van der Waals surface area contributed by atoms with Crippen molar-refractivity contribution in [3.05, 3.63) is 28.2 Å². The van der Waals surface area contributed by atoms with Gasteiger partial charge in [0.25, 0.3) is 0 Å². The Kier molecular flexibility index (Phi) is 5.44. The molecule has 0 bridgehead atoms. The van der Waals surface area contributed by atoms with Gasteiger partial charge in [-0.1, -0.05) is 6.07 Å². The number of carbonyl (C=O) groups is 1. The van der Waals surface area contributed by atoms with Crippen LogP contribution in [0.4, 0.5) is 0 Å². The van der Waals surface area contributed by atoms with Crippen molar-refractivity contribution in [3.8, 4) is 5.75 Å². The lowest BCUT2D eigenvalue weighted by molar-refractivity contribution is -0.137. The molecule has 1 aromatic carbocycles. The maximum absolute atomic E-state index is 10.5. The average Bonchev–Trinajstić information content (AvgIpc) is 2.28. The zero-order chi connectivity index (χ0) is 12.8. The standard InChI is InChI=1S/C12H16BrNO3/c1-2-17-11-5-3-8(7-9(11)13)10(14)4-6-12(15)16/h3,5,7,10H,2,4,6,14H2,1H3,(H,15,16). The molecule has 17 heavy (non-hydrogen) atoms. The fraction of sp³-hybridized carbons (Fsp3) is 0.417. The predicted molar refractivity (Wildman–Crippen MR) is 69.1 cm³/mol. The van der Waals surface area contributed by atoms with Gasteiger partial charge in [-0.25, -0.2) is 0 Å². The van der Waals surface area contributed by atoms with Gasteiger partial charge in [0, 0.05) is 12.5 Å². The zero-order valence-electron chi connectivity index (χ0n) is 9.65. The van der Waals surface area contributed by atoms with Crippen molar-refractivity contribution in [3.63, 3.8) is 0 Å². The molecule has 0 spiro atoms. The number of hydrogen-bond donors (Lipinski definition) is 2. The smallest absolute Gasteiger partial charge is 0.303 e. The van der Waals surface area contributed by atoms with Gasteiger partial charge in [-0.05, 0) is 47.0 Å². The SMILES string of the molecule is CCOc1ccc(C(N)CCC(=O)O)cc1Br. The second-order valence-corrected chi connectivity index (χ2v) is 4.52. The Balaban J connectivity index is 2.71. The molecule has 0 aliphatic heterocycles. The van der Waals surface area contributed by atoms with Crippen molar-refractivity contribution in [1.29, 1.82) is 0 Å². The highest BCUT2D eigenvalue weighted by atomic mass is 79.9. The van der Waals surface area contributed by atoms with Gasteiger partial charge >= 0.3 is 5.97 Å². The molecule has 0 radical (unpaired) electrons. The van der Waals surface area contributed by atoms with Crippen LogP contribution in [0.2, 0.25) is 0 Å². The molecule has 1 unspecified atom stereocenters. The number of carboxylic acid groups (broad SMARTS) is 1. The Labute approximate surface area is 109 Å². The Morgan fingerprint density at radius 3 is 2.82 bits per heavy atom. The molecular weight excluding hydrogens is 286 g/mol. The quantitative estimate of drug-likeness (QED) is 0.847. The molecule has 0 aliphatic rings. The van der Waals surface area contributed by atoms with Crippen LogP contribution >= 0.6 is 15.9 Å². The van der Waals surface area contributed by atoms with E-state index in [-0.39, 0.29) is 12.5 Å². The molecule has 0 fully saturated rings. The van der Waals surface area contributed by atoms with E-state index in [1.807, 2.05) is 25.1 Å². The largest absolute Gasteiger partial charge is 0.493 e. The zero-order valence-corrected chi connectivity index (χ0v) is 11.2. The number of carboxylic acids is 1. The molecule has 5 heteroatoms. The molecule has 94 valence electrons. The average molecular weight is 302 g/mol. The summed E-state index contributed by atoms with van der Waals surface area (Å²) in [6.07, 6.45) is 0.502. The second-order valence-electron chi connectivity index (χ2n) is 3.66. The van der Waals surface area contributed by atoms with Crippen LogP contribution in [-0.2, 0) is 4.79 Å². The van der Waals surface area contributed by atoms with Crippen LogP contribution < -0.4 is 10.5 Å². The first-order chi connectivity index (χ1) is 8.04. The number of halogens is 1. The van der Waals surface area contributed by atoms with E-state index in [2.05, 4.69) is 15.9 Å². The van der Waals surface area contributed by atoms with Crippen molar-refractivity contribution in [2.24, 2.45) is 5.73 Å². The van der Waals surface area contributed by atoms with Crippen molar-refractivity contribution < 1.29 is 14.6 Å². The second kappa shape index (κ2) is 6.61. The molecule has 0 saturated heterocycles. The van der Waals surface area contributed by atoms with E-state index < -0.39 is 5.97 Å². The molecule has 1 atom stereocenters. The van der Waals surface area contributed by atoms with Gasteiger partial charge in [0.05, 0.1) is 11.1 Å². The summed E-state index contributed by atoms with van der Waals surface area (Å²) in [5, 5.41) is 8.59. The summed E-state index contributed by atoms with van der Waals surface area (Å²) in [6, 6.07) is 5.31. The maximum atomic E-state index is 10.5. The normalized spacial score (nSPS) is 12.2. The first kappa shape index (κ1) is 14.0. The van der Waals surface area contributed by atoms with Gasteiger partial charge in [-0.2, -0.15) is 0 Å². The lowest BCUT2D eigenvalue weighted by Crippen LogP contribution is -2.12. The summed E-state index contributed by atoms with van der Waals surface area (Å²) >= 11 is 3.40. The summed E-state index contributed by atoms with van der Waals surface area (Å²) in [7, 11) is 0. The van der Waals surface area contributed by atoms with Gasteiger partial charge in [-0.3, -0.25) is 4.79 Å². The number of nitrogens with two attached hydrogens (primary N) is 1. The third-order valence-electron chi connectivity index (χ3n) is 2.35. The van der Waals surface area contributed by atoms with Gasteiger partial charge < -0.3 is 15.6 Å². The summed E-state index contributed by atoms with van der Waals surface area (Å²) in [6.45, 7) is 2.52. The summed E-state index contributed by atoms with van der Waals surface area (Å²) in [5.41, 5.74) is 6.82. The van der Waals surface area contributed by atoms with Crippen LogP contribution in [0.3, 0.4) is 0 Å². The van der Waals surface area contributed by atoms with Gasteiger partial charge in [0.1, 0.15) is 5.75 Å². The monoisotopic (exact) mass is 301 g/mol. The fourth-order valence-electron chi connectivity index (χ4n) is 1.47. The third-order valence-corrected chi connectivity index (χ3v) is 2.97. The van der Waals surface area contributed by atoms with E-state index in [4.69, 9.17) is 15.6 Å². The molecule has 3 N–H and O–H groups in total. The number of aliphatic carboxylic acids is 1. The summed E-state index contributed by atoms with van der Waals surface area (Å²) in [5.74, 6) is -0.0628. The van der Waals surface area contributed by atoms with Crippen molar-refractivity contribution in [2.45, 2.75) is 25.8 Å². The first-order valence-corrected chi connectivity index (χ1v) is 6.23. The van der Waals surface area contributed by atoms with E-state index in [1.165, 1.54) is 0 Å². The van der Waals surface area contributed by atoms with Crippen LogP contribution in [0.1, 0.15) is 31.4 Å². The summed E-state index contributed by atoms with van der Waals surface area (Å²) in [4.78, 5) is 10.5.